The molecule has 0 unspecified atom stereocenters. The van der Waals surface area contributed by atoms with E-state index in [4.69, 9.17) is 26.4 Å². The number of carbonyl (C=O) groups is 2. The largest absolute Gasteiger partial charge is 0.480 e. The molecule has 11 heteroatoms. The predicted octanol–water partition coefficient (Wildman–Crippen LogP) is 7.00. The summed E-state index contributed by atoms with van der Waals surface area (Å²) in [5.74, 6) is -1.40. The van der Waals surface area contributed by atoms with Gasteiger partial charge in [-0.2, -0.15) is 0 Å². The number of aliphatic carboxylic acids is 1. The predicted molar refractivity (Wildman–Crippen MR) is 174 cm³/mol. The van der Waals surface area contributed by atoms with Gasteiger partial charge in [0.05, 0.1) is 27.0 Å². The number of carboxylic acids is 1. The fourth-order valence-electron chi connectivity index (χ4n) is 4.41. The third-order valence-electron chi connectivity index (χ3n) is 6.83. The molecule has 8 nitrogen and oxygen atoms in total. The number of hydrogen-bond acceptors (Lipinski definition) is 7. The lowest BCUT2D eigenvalue weighted by atomic mass is 9.93. The van der Waals surface area contributed by atoms with E-state index in [9.17, 15) is 18.0 Å². The summed E-state index contributed by atoms with van der Waals surface area (Å²) in [6.07, 6.45) is 2.23. The molecule has 232 valence electrons. The fraction of sp³-hybridized carbons (Fsp3) is 0.303. The first-order chi connectivity index (χ1) is 20.8. The zero-order valence-corrected chi connectivity index (χ0v) is 27.2. The number of rotatable bonds is 13. The second-order valence-electron chi connectivity index (χ2n) is 11.4. The molecule has 0 atom stereocenters. The van der Waals surface area contributed by atoms with Crippen LogP contribution < -0.4 is 10.1 Å². The van der Waals surface area contributed by atoms with Crippen LogP contribution in [0.15, 0.2) is 77.0 Å². The van der Waals surface area contributed by atoms with Crippen molar-refractivity contribution in [3.8, 4) is 5.75 Å². The Morgan fingerprint density at radius 3 is 2.39 bits per heavy atom. The van der Waals surface area contributed by atoms with E-state index in [2.05, 4.69) is 31.5 Å². The minimum atomic E-state index is -3.49. The van der Waals surface area contributed by atoms with Gasteiger partial charge in [-0.05, 0) is 78.9 Å². The maximum absolute atomic E-state index is 13.3. The van der Waals surface area contributed by atoms with Crippen LogP contribution in [0.4, 0.5) is 5.69 Å². The average molecular weight is 655 g/mol. The maximum Gasteiger partial charge on any atom is 0.341 e. The summed E-state index contributed by atoms with van der Waals surface area (Å²) in [5.41, 5.74) is 3.56. The zero-order valence-electron chi connectivity index (χ0n) is 24.8. The third kappa shape index (κ3) is 9.38. The summed E-state index contributed by atoms with van der Waals surface area (Å²) in [5, 5.41) is 15.6. The molecule has 4 aromatic rings. The highest BCUT2D eigenvalue weighted by molar-refractivity contribution is 7.91. The first-order valence-corrected chi connectivity index (χ1v) is 17.0. The number of aromatic nitrogens is 1. The first kappa shape index (κ1) is 33.2. The Morgan fingerprint density at radius 2 is 1.70 bits per heavy atom. The normalized spacial score (nSPS) is 11.7. The Balaban J connectivity index is 1.44. The molecule has 0 aliphatic carbocycles. The molecule has 4 rings (SSSR count). The number of benzene rings is 3. The number of carbonyl (C=O) groups excluding carboxylic acids is 1. The molecule has 1 heterocycles. The van der Waals surface area contributed by atoms with Gasteiger partial charge in [0.1, 0.15) is 5.75 Å². The van der Waals surface area contributed by atoms with Crippen molar-refractivity contribution in [2.24, 2.45) is 0 Å². The van der Waals surface area contributed by atoms with Gasteiger partial charge in [-0.3, -0.25) is 4.79 Å². The first-order valence-electron chi connectivity index (χ1n) is 14.1. The summed E-state index contributed by atoms with van der Waals surface area (Å²) in [7, 11) is -3.49. The van der Waals surface area contributed by atoms with Crippen molar-refractivity contribution >= 4 is 50.3 Å². The Hall–Kier alpha value is -3.73. The van der Waals surface area contributed by atoms with Crippen LogP contribution in [0.2, 0.25) is 5.02 Å². The topological polar surface area (TPSA) is 123 Å². The van der Waals surface area contributed by atoms with Crippen LogP contribution in [0, 0.1) is 0 Å². The van der Waals surface area contributed by atoms with E-state index in [0.717, 1.165) is 34.7 Å². The zero-order chi connectivity index (χ0) is 31.9. The molecule has 0 saturated heterocycles. The van der Waals surface area contributed by atoms with E-state index in [1.807, 2.05) is 18.2 Å². The van der Waals surface area contributed by atoms with Crippen LogP contribution in [0.25, 0.3) is 0 Å². The lowest BCUT2D eigenvalue weighted by Crippen LogP contribution is -2.15. The van der Waals surface area contributed by atoms with Crippen molar-refractivity contribution in [1.29, 1.82) is 0 Å². The molecule has 44 heavy (non-hydrogen) atoms. The van der Waals surface area contributed by atoms with E-state index >= 15 is 0 Å². The molecule has 0 aliphatic rings. The van der Waals surface area contributed by atoms with Gasteiger partial charge in [-0.25, -0.2) is 18.2 Å². The van der Waals surface area contributed by atoms with Crippen molar-refractivity contribution in [2.45, 2.75) is 56.8 Å². The Morgan fingerprint density at radius 1 is 0.977 bits per heavy atom. The number of ether oxygens (including phenoxy) is 1. The number of carboxylic acid groups (broad SMARTS) is 1. The number of hydrogen-bond donors (Lipinski definition) is 2. The molecule has 0 aliphatic heterocycles. The summed E-state index contributed by atoms with van der Waals surface area (Å²) in [4.78, 5) is 29.4. The minimum absolute atomic E-state index is 0.00774. The molecule has 0 radical (unpaired) electrons. The Labute approximate surface area is 267 Å². The number of aryl methyl sites for hydroxylation is 3. The van der Waals surface area contributed by atoms with E-state index in [0.29, 0.717) is 29.1 Å². The van der Waals surface area contributed by atoms with Crippen molar-refractivity contribution in [3.63, 3.8) is 0 Å². The van der Waals surface area contributed by atoms with Gasteiger partial charge in [0.15, 0.2) is 16.4 Å². The molecule has 3 aromatic carbocycles. The number of anilines is 1. The molecule has 0 fully saturated rings. The van der Waals surface area contributed by atoms with Gasteiger partial charge in [-0.15, -0.1) is 11.3 Å². The second kappa shape index (κ2) is 14.4. The molecule has 0 saturated carbocycles. The number of thiazole rings is 1. The van der Waals surface area contributed by atoms with Gasteiger partial charge in [0.2, 0.25) is 0 Å². The maximum atomic E-state index is 13.3. The van der Waals surface area contributed by atoms with Gasteiger partial charge >= 0.3 is 5.97 Å². The fourth-order valence-corrected chi connectivity index (χ4v) is 6.87. The second-order valence-corrected chi connectivity index (χ2v) is 14.9. The standard InChI is InChI=1S/C33H35ClN2O6S2/c1-33(2,3)29-21-43-30(36-29)16-10-22-6-4-8-24(18-22)32(39)35-27-19-23(9-15-28(27)42-20-31(37)38)7-5-17-44(40,41)26-13-11-25(34)12-14-26/h4,6,8-9,11-15,18-19,21H,5,7,10,16-17,20H2,1-3H3,(H,35,39)(H,37,38). The monoisotopic (exact) mass is 654 g/mol. The third-order valence-corrected chi connectivity index (χ3v) is 9.81. The average Bonchev–Trinajstić information content (AvgIpc) is 3.46. The quantitative estimate of drug-likeness (QED) is 0.159. The summed E-state index contributed by atoms with van der Waals surface area (Å²) in [6.45, 7) is 5.82. The van der Waals surface area contributed by atoms with Crippen LogP contribution in [-0.2, 0) is 39.3 Å². The molecule has 2 N–H and O–H groups in total. The van der Waals surface area contributed by atoms with E-state index in [-0.39, 0.29) is 27.7 Å². The Bertz CT molecular complexity index is 1730. The van der Waals surface area contributed by atoms with Gasteiger partial charge in [-0.1, -0.05) is 50.6 Å². The smallest absolute Gasteiger partial charge is 0.341 e. The van der Waals surface area contributed by atoms with Gasteiger partial charge in [0.25, 0.3) is 5.91 Å². The summed E-state index contributed by atoms with van der Waals surface area (Å²) in [6, 6.07) is 18.4. The number of sulfone groups is 1. The number of nitrogens with zero attached hydrogens (tertiary/aromatic N) is 1. The van der Waals surface area contributed by atoms with Crippen LogP contribution in [0.3, 0.4) is 0 Å². The van der Waals surface area contributed by atoms with E-state index in [1.54, 1.807) is 47.7 Å². The van der Waals surface area contributed by atoms with Crippen molar-refractivity contribution in [1.82, 2.24) is 4.98 Å². The SMILES string of the molecule is CC(C)(C)c1csc(CCc2cccc(C(=O)Nc3cc(CCCS(=O)(=O)c4ccc(Cl)cc4)ccc3OCC(=O)O)c2)n1. The number of amides is 1. The molecule has 1 amide bonds. The highest BCUT2D eigenvalue weighted by atomic mass is 35.5. The van der Waals surface area contributed by atoms with Crippen LogP contribution in [0.5, 0.6) is 5.75 Å². The van der Waals surface area contributed by atoms with Crippen LogP contribution in [-0.4, -0.2) is 42.7 Å². The van der Waals surface area contributed by atoms with Crippen LogP contribution in [0.1, 0.15) is 59.4 Å². The molecule has 1 aromatic heterocycles. The highest BCUT2D eigenvalue weighted by Crippen LogP contribution is 2.28. The molecule has 0 bridgehead atoms. The number of halogens is 1. The van der Waals surface area contributed by atoms with Crippen molar-refractivity contribution in [2.75, 3.05) is 17.7 Å². The highest BCUT2D eigenvalue weighted by Gasteiger charge is 2.18. The molecular weight excluding hydrogens is 620 g/mol. The molecule has 0 spiro atoms. The van der Waals surface area contributed by atoms with E-state index < -0.39 is 22.4 Å². The lowest BCUT2D eigenvalue weighted by Gasteiger charge is -2.14. The lowest BCUT2D eigenvalue weighted by molar-refractivity contribution is -0.139. The van der Waals surface area contributed by atoms with Crippen molar-refractivity contribution < 1.29 is 27.9 Å². The van der Waals surface area contributed by atoms with Crippen molar-refractivity contribution in [3.05, 3.63) is 105 Å². The summed E-state index contributed by atoms with van der Waals surface area (Å²) >= 11 is 7.52. The van der Waals surface area contributed by atoms with Gasteiger partial charge < -0.3 is 15.2 Å². The molecular formula is C33H35ClN2O6S2. The van der Waals surface area contributed by atoms with Crippen LogP contribution >= 0.6 is 22.9 Å². The van der Waals surface area contributed by atoms with Gasteiger partial charge in [0, 0.05) is 27.8 Å². The van der Waals surface area contributed by atoms with E-state index in [1.165, 1.54) is 12.1 Å². The summed E-state index contributed by atoms with van der Waals surface area (Å²) < 4.78 is 30.9. The number of nitrogens with one attached hydrogen (secondary N) is 1. The Kier molecular flexibility index (Phi) is 10.8. The minimum Gasteiger partial charge on any atom is -0.480 e.